The number of aryl methyl sites for hydroxylation is 2. The molecular weight excluding hydrogens is 328 g/mol. The first-order valence-electron chi connectivity index (χ1n) is 7.87. The molecule has 1 aromatic carbocycles. The van der Waals surface area contributed by atoms with Gasteiger partial charge in [0, 0.05) is 23.6 Å². The van der Waals surface area contributed by atoms with Gasteiger partial charge in [0.15, 0.2) is 0 Å². The van der Waals surface area contributed by atoms with Crippen molar-refractivity contribution in [1.82, 2.24) is 5.32 Å². The number of hydrogen-bond acceptors (Lipinski definition) is 5. The van der Waals surface area contributed by atoms with Crippen LogP contribution >= 0.6 is 11.3 Å². The molecule has 0 fully saturated rings. The molecule has 0 aliphatic heterocycles. The second-order valence-corrected chi connectivity index (χ2v) is 6.98. The van der Waals surface area contributed by atoms with Crippen molar-refractivity contribution >= 4 is 22.9 Å². The van der Waals surface area contributed by atoms with E-state index < -0.39 is 11.0 Å². The van der Waals surface area contributed by atoms with Gasteiger partial charge in [0.2, 0.25) is 0 Å². The number of nitro groups is 1. The first-order valence-corrected chi connectivity index (χ1v) is 8.68. The van der Waals surface area contributed by atoms with Gasteiger partial charge in [-0.3, -0.25) is 14.9 Å². The number of fused-ring (bicyclic) bond motifs is 1. The number of rotatable bonds is 5. The predicted molar refractivity (Wildman–Crippen MR) is 91.4 cm³/mol. The van der Waals surface area contributed by atoms with E-state index in [1.54, 1.807) is 0 Å². The Kier molecular flexibility index (Phi) is 4.92. The highest BCUT2D eigenvalue weighted by Gasteiger charge is 2.18. The average molecular weight is 346 g/mol. The highest BCUT2D eigenvalue weighted by atomic mass is 32.1. The van der Waals surface area contributed by atoms with Crippen LogP contribution in [0.5, 0.6) is 0 Å². The Bertz CT molecular complexity index is 731. The summed E-state index contributed by atoms with van der Waals surface area (Å²) in [5.74, 6) is -0.185. The number of non-ortho nitro benzene ring substituents is 1. The summed E-state index contributed by atoms with van der Waals surface area (Å²) in [6.07, 6.45) is 3.52. The van der Waals surface area contributed by atoms with Gasteiger partial charge >= 0.3 is 0 Å². The second-order valence-electron chi connectivity index (χ2n) is 5.84. The van der Waals surface area contributed by atoms with Crippen molar-refractivity contribution in [1.29, 1.82) is 0 Å². The Morgan fingerprint density at radius 1 is 1.29 bits per heavy atom. The van der Waals surface area contributed by atoms with Crippen LogP contribution in [0.25, 0.3) is 0 Å². The summed E-state index contributed by atoms with van der Waals surface area (Å²) in [4.78, 5) is 24.3. The van der Waals surface area contributed by atoms with E-state index >= 15 is 0 Å². The molecule has 1 unspecified atom stereocenters. The molecule has 2 N–H and O–H groups in total. The van der Waals surface area contributed by atoms with Crippen LogP contribution in [0.1, 0.15) is 44.6 Å². The number of aliphatic hydroxyl groups excluding tert-OH is 1. The number of hydrogen-bond donors (Lipinski definition) is 2. The predicted octanol–water partition coefficient (Wildman–Crippen LogP) is 3.00. The van der Waals surface area contributed by atoms with E-state index in [0.717, 1.165) is 12.8 Å². The van der Waals surface area contributed by atoms with Crippen molar-refractivity contribution in [3.05, 3.63) is 61.3 Å². The Morgan fingerprint density at radius 3 is 2.67 bits per heavy atom. The maximum Gasteiger partial charge on any atom is 0.269 e. The summed E-state index contributed by atoms with van der Waals surface area (Å²) in [5, 5.41) is 23.5. The molecule has 1 heterocycles. The number of aliphatic hydroxyl groups is 1. The van der Waals surface area contributed by atoms with E-state index in [-0.39, 0.29) is 18.1 Å². The lowest BCUT2D eigenvalue weighted by Gasteiger charge is -2.11. The van der Waals surface area contributed by atoms with Crippen molar-refractivity contribution in [3.63, 3.8) is 0 Å². The van der Waals surface area contributed by atoms with E-state index in [9.17, 15) is 20.0 Å². The molecule has 3 rings (SSSR count). The van der Waals surface area contributed by atoms with Gasteiger partial charge in [0.05, 0.1) is 15.9 Å². The van der Waals surface area contributed by atoms with Crippen molar-refractivity contribution in [3.8, 4) is 0 Å². The number of nitrogens with one attached hydrogen (secondary N) is 1. The van der Waals surface area contributed by atoms with E-state index in [4.69, 9.17) is 0 Å². The molecule has 1 atom stereocenters. The summed E-state index contributed by atoms with van der Waals surface area (Å²) < 4.78 is 0. The molecule has 1 aromatic heterocycles. The molecule has 2 aromatic rings. The number of benzene rings is 1. The molecule has 0 bridgehead atoms. The highest BCUT2D eigenvalue weighted by molar-refractivity contribution is 7.14. The van der Waals surface area contributed by atoms with Gasteiger partial charge < -0.3 is 10.4 Å². The zero-order valence-electron chi connectivity index (χ0n) is 13.0. The molecule has 7 heteroatoms. The van der Waals surface area contributed by atoms with Gasteiger partial charge in [0.25, 0.3) is 11.6 Å². The van der Waals surface area contributed by atoms with E-state index in [1.165, 1.54) is 58.9 Å². The van der Waals surface area contributed by atoms with Crippen molar-refractivity contribution in [2.24, 2.45) is 0 Å². The maximum atomic E-state index is 12.2. The fourth-order valence-corrected chi connectivity index (χ4v) is 3.99. The zero-order chi connectivity index (χ0) is 17.1. The average Bonchev–Trinajstić information content (AvgIpc) is 3.03. The fourth-order valence-electron chi connectivity index (χ4n) is 2.82. The number of amides is 1. The molecule has 1 aliphatic carbocycles. The molecule has 126 valence electrons. The molecular formula is C17H18N2O4S. The first-order chi connectivity index (χ1) is 11.5. The fraction of sp³-hybridized carbons (Fsp3) is 0.353. The van der Waals surface area contributed by atoms with Crippen molar-refractivity contribution in [2.75, 3.05) is 6.54 Å². The molecule has 6 nitrogen and oxygen atoms in total. The molecule has 0 saturated heterocycles. The van der Waals surface area contributed by atoms with Gasteiger partial charge in [-0.15, -0.1) is 11.3 Å². The van der Waals surface area contributed by atoms with Crippen molar-refractivity contribution < 1.29 is 14.8 Å². The minimum atomic E-state index is -0.899. The topological polar surface area (TPSA) is 92.5 Å². The zero-order valence-corrected chi connectivity index (χ0v) is 13.8. The Labute approximate surface area is 143 Å². The highest BCUT2D eigenvalue weighted by Crippen LogP contribution is 2.29. The van der Waals surface area contributed by atoms with Gasteiger partial charge in [0.1, 0.15) is 0 Å². The normalized spacial score (nSPS) is 14.7. The summed E-state index contributed by atoms with van der Waals surface area (Å²) >= 11 is 1.53. The summed E-state index contributed by atoms with van der Waals surface area (Å²) in [6, 6.07) is 7.63. The minimum absolute atomic E-state index is 0.0286. The van der Waals surface area contributed by atoms with E-state index in [2.05, 4.69) is 5.32 Å². The van der Waals surface area contributed by atoms with Crippen LogP contribution in [-0.2, 0) is 12.8 Å². The third-order valence-electron chi connectivity index (χ3n) is 4.17. The standard InChI is InChI=1S/C17H18N2O4S/c20-14(11-5-7-13(8-6-11)19(22)23)10-18-17(21)16-9-12-3-1-2-4-15(12)24-16/h5-9,14,20H,1-4,10H2,(H,18,21). The SMILES string of the molecule is O=C(NCC(O)c1ccc([N+](=O)[O-])cc1)c1cc2c(s1)CCCC2. The van der Waals surface area contributed by atoms with Gasteiger partial charge in [-0.05, 0) is 55.0 Å². The molecule has 0 spiro atoms. The van der Waals surface area contributed by atoms with Crippen LogP contribution in [0, 0.1) is 10.1 Å². The third kappa shape index (κ3) is 3.63. The third-order valence-corrected chi connectivity index (χ3v) is 5.40. The Morgan fingerprint density at radius 2 is 2.00 bits per heavy atom. The lowest BCUT2D eigenvalue weighted by atomic mass is 9.99. The van der Waals surface area contributed by atoms with Crippen LogP contribution in [0.15, 0.2) is 30.3 Å². The maximum absolute atomic E-state index is 12.2. The number of thiophene rings is 1. The Balaban J connectivity index is 1.59. The van der Waals surface area contributed by atoms with Gasteiger partial charge in [-0.2, -0.15) is 0 Å². The monoisotopic (exact) mass is 346 g/mol. The second kappa shape index (κ2) is 7.11. The molecule has 0 radical (unpaired) electrons. The molecule has 24 heavy (non-hydrogen) atoms. The van der Waals surface area contributed by atoms with E-state index in [0.29, 0.717) is 10.4 Å². The van der Waals surface area contributed by atoms with Crippen molar-refractivity contribution in [2.45, 2.75) is 31.8 Å². The lowest BCUT2D eigenvalue weighted by molar-refractivity contribution is -0.384. The summed E-state index contributed by atoms with van der Waals surface area (Å²) in [5.41, 5.74) is 1.78. The minimum Gasteiger partial charge on any atom is -0.387 e. The van der Waals surface area contributed by atoms with Crippen LogP contribution in [0.3, 0.4) is 0 Å². The van der Waals surface area contributed by atoms with E-state index in [1.807, 2.05) is 6.07 Å². The number of nitro benzene ring substituents is 1. The summed E-state index contributed by atoms with van der Waals surface area (Å²) in [7, 11) is 0. The molecule has 1 aliphatic rings. The molecule has 1 amide bonds. The van der Waals surface area contributed by atoms with Crippen LogP contribution in [-0.4, -0.2) is 22.5 Å². The number of nitrogens with zero attached hydrogens (tertiary/aromatic N) is 1. The first kappa shape index (κ1) is 16.6. The lowest BCUT2D eigenvalue weighted by Crippen LogP contribution is -2.27. The number of carbonyl (C=O) groups excluding carboxylic acids is 1. The smallest absolute Gasteiger partial charge is 0.269 e. The van der Waals surface area contributed by atoms with Crippen LogP contribution < -0.4 is 5.32 Å². The Hall–Kier alpha value is -2.25. The summed E-state index contributed by atoms with van der Waals surface area (Å²) in [6.45, 7) is 0.0687. The molecule has 0 saturated carbocycles. The quantitative estimate of drug-likeness (QED) is 0.643. The van der Waals surface area contributed by atoms with Gasteiger partial charge in [-0.1, -0.05) is 0 Å². The van der Waals surface area contributed by atoms with Crippen LogP contribution in [0.4, 0.5) is 5.69 Å². The number of carbonyl (C=O) groups is 1. The largest absolute Gasteiger partial charge is 0.387 e. The van der Waals surface area contributed by atoms with Crippen LogP contribution in [0.2, 0.25) is 0 Å². The van der Waals surface area contributed by atoms with Gasteiger partial charge in [-0.25, -0.2) is 0 Å².